The van der Waals surface area contributed by atoms with Crippen molar-refractivity contribution in [1.82, 2.24) is 10.6 Å². The van der Waals surface area contributed by atoms with Crippen LogP contribution in [0.3, 0.4) is 0 Å². The normalized spacial score (nSPS) is 17.2. The first-order valence-electron chi connectivity index (χ1n) is 9.27. The summed E-state index contributed by atoms with van der Waals surface area (Å²) in [4.78, 5) is 7.10. The van der Waals surface area contributed by atoms with Crippen molar-refractivity contribution in [2.24, 2.45) is 4.99 Å². The Kier molecular flexibility index (Phi) is 6.36. The van der Waals surface area contributed by atoms with Crippen LogP contribution in [-0.2, 0) is 6.54 Å². The molecule has 1 heterocycles. The summed E-state index contributed by atoms with van der Waals surface area (Å²) >= 11 is 0. The lowest BCUT2D eigenvalue weighted by Crippen LogP contribution is -2.44. The third-order valence-corrected chi connectivity index (χ3v) is 4.56. The SMILES string of the molecule is CCNC(=NCc1ccccc1)NC1CCN(c2ccccc2OC)C1. The third kappa shape index (κ3) is 4.69. The quantitative estimate of drug-likeness (QED) is 0.620. The lowest BCUT2D eigenvalue weighted by atomic mass is 10.2. The number of aliphatic imine (C=N–C) groups is 1. The molecule has 0 saturated carbocycles. The number of nitrogens with zero attached hydrogens (tertiary/aromatic N) is 2. The summed E-state index contributed by atoms with van der Waals surface area (Å²) in [5.41, 5.74) is 2.37. The van der Waals surface area contributed by atoms with Crippen molar-refractivity contribution < 1.29 is 4.74 Å². The summed E-state index contributed by atoms with van der Waals surface area (Å²) in [6, 6.07) is 18.9. The Balaban J connectivity index is 1.61. The van der Waals surface area contributed by atoms with Gasteiger partial charge in [-0.05, 0) is 31.0 Å². The highest BCUT2D eigenvalue weighted by atomic mass is 16.5. The average Bonchev–Trinajstić information content (AvgIpc) is 3.15. The van der Waals surface area contributed by atoms with Gasteiger partial charge in [0, 0.05) is 25.7 Å². The van der Waals surface area contributed by atoms with Crippen LogP contribution in [0.1, 0.15) is 18.9 Å². The Morgan fingerprint density at radius 2 is 1.92 bits per heavy atom. The molecule has 5 nitrogen and oxygen atoms in total. The molecule has 1 saturated heterocycles. The minimum Gasteiger partial charge on any atom is -0.495 e. The molecule has 1 aliphatic heterocycles. The number of para-hydroxylation sites is 2. The number of ether oxygens (including phenoxy) is 1. The molecule has 1 atom stereocenters. The summed E-state index contributed by atoms with van der Waals surface area (Å²) in [6.07, 6.45) is 1.08. The zero-order valence-corrected chi connectivity index (χ0v) is 15.6. The van der Waals surface area contributed by atoms with Crippen LogP contribution in [0, 0.1) is 0 Å². The fourth-order valence-corrected chi connectivity index (χ4v) is 3.26. The number of guanidine groups is 1. The predicted molar refractivity (Wildman–Crippen MR) is 108 cm³/mol. The minimum atomic E-state index is 0.369. The number of rotatable bonds is 6. The van der Waals surface area contributed by atoms with Gasteiger partial charge in [0.15, 0.2) is 5.96 Å². The number of nitrogens with one attached hydrogen (secondary N) is 2. The van der Waals surface area contributed by atoms with Gasteiger partial charge in [-0.2, -0.15) is 0 Å². The topological polar surface area (TPSA) is 48.9 Å². The molecule has 0 amide bonds. The van der Waals surface area contributed by atoms with E-state index in [1.54, 1.807) is 7.11 Å². The Hall–Kier alpha value is -2.69. The highest BCUT2D eigenvalue weighted by Crippen LogP contribution is 2.30. The standard InChI is InChI=1S/C21H28N4O/c1-3-22-21(23-15-17-9-5-4-6-10-17)24-18-13-14-25(16-18)19-11-7-8-12-20(19)26-2/h4-12,18H,3,13-16H2,1-2H3,(H2,22,23,24). The average molecular weight is 352 g/mol. The van der Waals surface area contributed by atoms with Gasteiger partial charge in [-0.3, -0.25) is 0 Å². The summed E-state index contributed by atoms with van der Waals surface area (Å²) in [5, 5.41) is 6.93. The molecule has 5 heteroatoms. The maximum atomic E-state index is 5.50. The van der Waals surface area contributed by atoms with Crippen LogP contribution >= 0.6 is 0 Å². The van der Waals surface area contributed by atoms with E-state index in [9.17, 15) is 0 Å². The number of hydrogen-bond acceptors (Lipinski definition) is 3. The number of methoxy groups -OCH3 is 1. The van der Waals surface area contributed by atoms with E-state index in [4.69, 9.17) is 9.73 Å². The molecular weight excluding hydrogens is 324 g/mol. The highest BCUT2D eigenvalue weighted by Gasteiger charge is 2.25. The molecule has 2 aromatic rings. The van der Waals surface area contributed by atoms with Crippen LogP contribution in [0.2, 0.25) is 0 Å². The molecule has 138 valence electrons. The molecule has 2 aromatic carbocycles. The number of anilines is 1. The monoisotopic (exact) mass is 352 g/mol. The van der Waals surface area contributed by atoms with Gasteiger partial charge in [0.05, 0.1) is 19.3 Å². The molecule has 2 N–H and O–H groups in total. The lowest BCUT2D eigenvalue weighted by Gasteiger charge is -2.22. The van der Waals surface area contributed by atoms with Crippen LogP contribution in [0.15, 0.2) is 59.6 Å². The Morgan fingerprint density at radius 3 is 2.69 bits per heavy atom. The van der Waals surface area contributed by atoms with Crippen molar-refractivity contribution in [2.45, 2.75) is 25.9 Å². The molecular formula is C21H28N4O. The Bertz CT molecular complexity index is 717. The lowest BCUT2D eigenvalue weighted by molar-refractivity contribution is 0.415. The summed E-state index contributed by atoms with van der Waals surface area (Å²) < 4.78 is 5.50. The molecule has 26 heavy (non-hydrogen) atoms. The largest absolute Gasteiger partial charge is 0.495 e. The van der Waals surface area contributed by atoms with Crippen LogP contribution in [0.25, 0.3) is 0 Å². The molecule has 0 aromatic heterocycles. The first-order chi connectivity index (χ1) is 12.8. The van der Waals surface area contributed by atoms with E-state index >= 15 is 0 Å². The summed E-state index contributed by atoms with van der Waals surface area (Å²) in [6.45, 7) is 5.57. The summed E-state index contributed by atoms with van der Waals surface area (Å²) in [7, 11) is 1.73. The first-order valence-corrected chi connectivity index (χ1v) is 9.27. The van der Waals surface area contributed by atoms with Gasteiger partial charge in [-0.25, -0.2) is 4.99 Å². The van der Waals surface area contributed by atoms with Crippen LogP contribution < -0.4 is 20.3 Å². The second kappa shape index (κ2) is 9.13. The van der Waals surface area contributed by atoms with Crippen molar-refractivity contribution in [3.63, 3.8) is 0 Å². The summed E-state index contributed by atoms with van der Waals surface area (Å²) in [5.74, 6) is 1.81. The van der Waals surface area contributed by atoms with Crippen molar-refractivity contribution in [1.29, 1.82) is 0 Å². The van der Waals surface area contributed by atoms with Crippen molar-refractivity contribution in [3.05, 3.63) is 60.2 Å². The second-order valence-corrected chi connectivity index (χ2v) is 6.43. The zero-order chi connectivity index (χ0) is 18.2. The second-order valence-electron chi connectivity index (χ2n) is 6.43. The number of benzene rings is 2. The van der Waals surface area contributed by atoms with Gasteiger partial charge in [0.1, 0.15) is 5.75 Å². The van der Waals surface area contributed by atoms with E-state index in [1.165, 1.54) is 5.56 Å². The van der Waals surface area contributed by atoms with E-state index in [2.05, 4.69) is 46.7 Å². The highest BCUT2D eigenvalue weighted by molar-refractivity contribution is 5.80. The molecule has 0 radical (unpaired) electrons. The van der Waals surface area contributed by atoms with Gasteiger partial charge >= 0.3 is 0 Å². The van der Waals surface area contributed by atoms with E-state index in [-0.39, 0.29) is 0 Å². The van der Waals surface area contributed by atoms with E-state index < -0.39 is 0 Å². The van der Waals surface area contributed by atoms with Gasteiger partial charge in [0.2, 0.25) is 0 Å². The third-order valence-electron chi connectivity index (χ3n) is 4.56. The maximum Gasteiger partial charge on any atom is 0.191 e. The van der Waals surface area contributed by atoms with E-state index in [1.807, 2.05) is 30.3 Å². The van der Waals surface area contributed by atoms with Gasteiger partial charge in [-0.15, -0.1) is 0 Å². The molecule has 3 rings (SSSR count). The van der Waals surface area contributed by atoms with Crippen LogP contribution in [-0.4, -0.2) is 38.7 Å². The van der Waals surface area contributed by atoms with Crippen LogP contribution in [0.5, 0.6) is 5.75 Å². The van der Waals surface area contributed by atoms with Gasteiger partial charge in [-0.1, -0.05) is 42.5 Å². The maximum absolute atomic E-state index is 5.50. The van der Waals surface area contributed by atoms with Crippen molar-refractivity contribution in [3.8, 4) is 5.75 Å². The molecule has 1 fully saturated rings. The smallest absolute Gasteiger partial charge is 0.191 e. The van der Waals surface area contributed by atoms with Gasteiger partial charge in [0.25, 0.3) is 0 Å². The molecule has 1 aliphatic rings. The van der Waals surface area contributed by atoms with E-state index in [0.717, 1.165) is 43.5 Å². The van der Waals surface area contributed by atoms with Crippen molar-refractivity contribution in [2.75, 3.05) is 31.6 Å². The minimum absolute atomic E-state index is 0.369. The molecule has 0 bridgehead atoms. The van der Waals surface area contributed by atoms with Crippen molar-refractivity contribution >= 4 is 11.6 Å². The zero-order valence-electron chi connectivity index (χ0n) is 15.6. The number of hydrogen-bond donors (Lipinski definition) is 2. The Morgan fingerprint density at radius 1 is 1.15 bits per heavy atom. The van der Waals surface area contributed by atoms with E-state index in [0.29, 0.717) is 12.6 Å². The predicted octanol–water partition coefficient (Wildman–Crippen LogP) is 3.03. The molecule has 0 aliphatic carbocycles. The Labute approximate surface area is 156 Å². The fraction of sp³-hybridized carbons (Fsp3) is 0.381. The molecule has 1 unspecified atom stereocenters. The van der Waals surface area contributed by atoms with Crippen LogP contribution in [0.4, 0.5) is 5.69 Å². The van der Waals surface area contributed by atoms with Gasteiger partial charge < -0.3 is 20.3 Å². The first kappa shape index (κ1) is 18.1. The molecule has 0 spiro atoms. The fourth-order valence-electron chi connectivity index (χ4n) is 3.26.